The highest BCUT2D eigenvalue weighted by molar-refractivity contribution is 9.10. The van der Waals surface area contributed by atoms with Gasteiger partial charge < -0.3 is 14.7 Å². The van der Waals surface area contributed by atoms with Crippen molar-refractivity contribution in [3.05, 3.63) is 69.7 Å². The fourth-order valence-corrected chi connectivity index (χ4v) is 4.47. The van der Waals surface area contributed by atoms with Gasteiger partial charge in [0.25, 0.3) is 0 Å². The van der Waals surface area contributed by atoms with E-state index >= 15 is 0 Å². The van der Waals surface area contributed by atoms with Crippen molar-refractivity contribution >= 4 is 44.0 Å². The monoisotopic (exact) mass is 488 g/mol. The first-order chi connectivity index (χ1) is 14.5. The van der Waals surface area contributed by atoms with Gasteiger partial charge >= 0.3 is 0 Å². The van der Waals surface area contributed by atoms with Crippen molar-refractivity contribution in [2.45, 2.75) is 13.0 Å². The van der Waals surface area contributed by atoms with Crippen LogP contribution in [0, 0.1) is 6.92 Å². The Labute approximate surface area is 191 Å². The number of anilines is 1. The van der Waals surface area contributed by atoms with Crippen LogP contribution in [0.2, 0.25) is 5.02 Å². The lowest BCUT2D eigenvalue weighted by molar-refractivity contribution is 0.0663. The molecule has 1 saturated heterocycles. The molecule has 3 aromatic carbocycles. The summed E-state index contributed by atoms with van der Waals surface area (Å²) in [7, 11) is 0. The third-order valence-corrected chi connectivity index (χ3v) is 6.30. The van der Waals surface area contributed by atoms with Gasteiger partial charge in [-0.3, -0.25) is 4.90 Å². The molecular weight excluding hydrogens is 464 g/mol. The Morgan fingerprint density at radius 2 is 1.73 bits per heavy atom. The molecule has 0 saturated carbocycles. The maximum atomic E-state index is 10.5. The van der Waals surface area contributed by atoms with Crippen molar-refractivity contribution < 1.29 is 9.84 Å². The predicted molar refractivity (Wildman–Crippen MR) is 128 cm³/mol. The first-order valence-corrected chi connectivity index (χ1v) is 11.4. The third kappa shape index (κ3) is 5.27. The van der Waals surface area contributed by atoms with Crippen LogP contribution in [0.1, 0.15) is 5.56 Å². The summed E-state index contributed by atoms with van der Waals surface area (Å²) < 4.78 is 6.91. The van der Waals surface area contributed by atoms with Crippen molar-refractivity contribution in [2.24, 2.45) is 0 Å². The summed E-state index contributed by atoms with van der Waals surface area (Å²) in [6, 6.07) is 18.2. The number of piperazine rings is 1. The fourth-order valence-electron chi connectivity index (χ4n) is 3.92. The molecule has 0 bridgehead atoms. The van der Waals surface area contributed by atoms with Gasteiger partial charge in [0.15, 0.2) is 0 Å². The SMILES string of the molecule is Cc1ccc(Cl)cc1N1CCN(C[C@H](O)COc2ccc3cc(Br)ccc3c2)CC1. The summed E-state index contributed by atoms with van der Waals surface area (Å²) in [5, 5.41) is 13.5. The largest absolute Gasteiger partial charge is 0.491 e. The standard InChI is InChI=1S/C24H26BrClN2O2/c1-17-2-6-21(26)14-24(17)28-10-8-27(9-11-28)15-22(29)16-30-23-7-4-18-12-20(25)5-3-19(18)13-23/h2-7,12-14,22,29H,8-11,15-16H2,1H3/t22-/m0/s1. The number of β-amino-alcohol motifs (C(OH)–C–C–N with tert-alkyl or cyclic N) is 1. The number of aliphatic hydroxyl groups excluding tert-OH is 1. The predicted octanol–water partition coefficient (Wildman–Crippen LogP) is 5.13. The average molecular weight is 490 g/mol. The molecule has 4 rings (SSSR count). The van der Waals surface area contributed by atoms with Crippen LogP contribution >= 0.6 is 27.5 Å². The van der Waals surface area contributed by atoms with Crippen molar-refractivity contribution in [1.82, 2.24) is 4.90 Å². The van der Waals surface area contributed by atoms with Gasteiger partial charge in [0, 0.05) is 47.9 Å². The molecule has 3 aromatic rings. The zero-order chi connectivity index (χ0) is 21.1. The third-order valence-electron chi connectivity index (χ3n) is 5.57. The van der Waals surface area contributed by atoms with Gasteiger partial charge in [-0.2, -0.15) is 0 Å². The van der Waals surface area contributed by atoms with Crippen LogP contribution in [0.3, 0.4) is 0 Å². The van der Waals surface area contributed by atoms with Crippen molar-refractivity contribution in [3.63, 3.8) is 0 Å². The molecule has 1 N–H and O–H groups in total. The Hall–Kier alpha value is -1.79. The number of nitrogens with zero attached hydrogens (tertiary/aromatic N) is 2. The topological polar surface area (TPSA) is 35.9 Å². The Kier molecular flexibility index (Phi) is 6.84. The van der Waals surface area contributed by atoms with Gasteiger partial charge in [-0.1, -0.05) is 45.7 Å². The summed E-state index contributed by atoms with van der Waals surface area (Å²) >= 11 is 9.67. The average Bonchev–Trinajstić information content (AvgIpc) is 2.74. The van der Waals surface area contributed by atoms with Crippen LogP contribution in [-0.2, 0) is 0 Å². The number of hydrogen-bond acceptors (Lipinski definition) is 4. The molecule has 4 nitrogen and oxygen atoms in total. The lowest BCUT2D eigenvalue weighted by Gasteiger charge is -2.37. The van der Waals surface area contributed by atoms with E-state index in [0.29, 0.717) is 6.54 Å². The molecule has 6 heteroatoms. The van der Waals surface area contributed by atoms with E-state index in [4.69, 9.17) is 16.3 Å². The minimum Gasteiger partial charge on any atom is -0.491 e. The summed E-state index contributed by atoms with van der Waals surface area (Å²) in [6.45, 7) is 6.69. The fraction of sp³-hybridized carbons (Fsp3) is 0.333. The molecule has 158 valence electrons. The quantitative estimate of drug-likeness (QED) is 0.521. The number of rotatable bonds is 6. The maximum Gasteiger partial charge on any atom is 0.120 e. The minimum atomic E-state index is -0.523. The first kappa shape index (κ1) is 21.4. The summed E-state index contributed by atoms with van der Waals surface area (Å²) in [5.74, 6) is 0.783. The van der Waals surface area contributed by atoms with Crippen LogP contribution in [0.25, 0.3) is 10.8 Å². The van der Waals surface area contributed by atoms with Gasteiger partial charge in [-0.25, -0.2) is 0 Å². The smallest absolute Gasteiger partial charge is 0.120 e. The molecule has 0 aliphatic carbocycles. The van der Waals surface area contributed by atoms with Crippen LogP contribution in [0.15, 0.2) is 59.1 Å². The van der Waals surface area contributed by atoms with Crippen LogP contribution < -0.4 is 9.64 Å². The Morgan fingerprint density at radius 1 is 1.00 bits per heavy atom. The summed E-state index contributed by atoms with van der Waals surface area (Å²) in [5.41, 5.74) is 2.44. The van der Waals surface area contributed by atoms with Crippen molar-refractivity contribution in [1.29, 1.82) is 0 Å². The van der Waals surface area contributed by atoms with E-state index in [1.165, 1.54) is 11.3 Å². The number of hydrogen-bond donors (Lipinski definition) is 1. The molecule has 1 atom stereocenters. The molecule has 1 aliphatic rings. The lowest BCUT2D eigenvalue weighted by Crippen LogP contribution is -2.49. The zero-order valence-electron chi connectivity index (χ0n) is 17.0. The van der Waals surface area contributed by atoms with Gasteiger partial charge in [0.2, 0.25) is 0 Å². The molecule has 0 unspecified atom stereocenters. The van der Waals surface area contributed by atoms with E-state index in [2.05, 4.69) is 50.9 Å². The molecule has 1 fully saturated rings. The highest BCUT2D eigenvalue weighted by Gasteiger charge is 2.21. The first-order valence-electron chi connectivity index (χ1n) is 10.2. The lowest BCUT2D eigenvalue weighted by atomic mass is 10.1. The van der Waals surface area contributed by atoms with E-state index in [1.54, 1.807) is 0 Å². The second kappa shape index (κ2) is 9.56. The van der Waals surface area contributed by atoms with Crippen LogP contribution in [0.5, 0.6) is 5.75 Å². The Balaban J connectivity index is 1.26. The van der Waals surface area contributed by atoms with Gasteiger partial charge in [0.05, 0.1) is 0 Å². The summed E-state index contributed by atoms with van der Waals surface area (Å²) in [6.07, 6.45) is -0.523. The molecule has 0 radical (unpaired) electrons. The minimum absolute atomic E-state index is 0.287. The van der Waals surface area contributed by atoms with Crippen molar-refractivity contribution in [3.8, 4) is 5.75 Å². The second-order valence-electron chi connectivity index (χ2n) is 7.84. The normalized spacial score (nSPS) is 16.1. The van der Waals surface area contributed by atoms with E-state index in [1.807, 2.05) is 36.4 Å². The molecule has 1 aliphatic heterocycles. The van der Waals surface area contributed by atoms with Crippen LogP contribution in [0.4, 0.5) is 5.69 Å². The highest BCUT2D eigenvalue weighted by Crippen LogP contribution is 2.26. The molecular formula is C24H26BrClN2O2. The van der Waals surface area contributed by atoms with E-state index < -0.39 is 6.10 Å². The van der Waals surface area contributed by atoms with E-state index in [9.17, 15) is 5.11 Å². The number of halogens is 2. The number of aryl methyl sites for hydroxylation is 1. The zero-order valence-corrected chi connectivity index (χ0v) is 19.4. The maximum absolute atomic E-state index is 10.5. The Bertz CT molecular complexity index is 1020. The molecule has 0 amide bonds. The van der Waals surface area contributed by atoms with Crippen LogP contribution in [-0.4, -0.2) is 55.4 Å². The Morgan fingerprint density at radius 3 is 2.53 bits per heavy atom. The van der Waals surface area contributed by atoms with Gasteiger partial charge in [-0.05, 0) is 59.7 Å². The number of ether oxygens (including phenoxy) is 1. The molecule has 0 spiro atoms. The van der Waals surface area contributed by atoms with E-state index in [-0.39, 0.29) is 6.61 Å². The number of aliphatic hydroxyl groups is 1. The summed E-state index contributed by atoms with van der Waals surface area (Å²) in [4.78, 5) is 4.66. The highest BCUT2D eigenvalue weighted by atomic mass is 79.9. The van der Waals surface area contributed by atoms with Crippen molar-refractivity contribution in [2.75, 3.05) is 44.2 Å². The molecule has 1 heterocycles. The molecule has 30 heavy (non-hydrogen) atoms. The molecule has 0 aromatic heterocycles. The second-order valence-corrected chi connectivity index (χ2v) is 9.19. The van der Waals surface area contributed by atoms with Gasteiger partial charge in [0.1, 0.15) is 18.5 Å². The number of benzene rings is 3. The van der Waals surface area contributed by atoms with E-state index in [0.717, 1.165) is 52.2 Å². The number of fused-ring (bicyclic) bond motifs is 1. The van der Waals surface area contributed by atoms with Gasteiger partial charge in [-0.15, -0.1) is 0 Å².